The maximum atomic E-state index is 6.17. The van der Waals surface area contributed by atoms with Crippen LogP contribution in [0.1, 0.15) is 5.56 Å². The zero-order chi connectivity index (χ0) is 16.4. The minimum absolute atomic E-state index is 0.385. The van der Waals surface area contributed by atoms with Gasteiger partial charge in [0.2, 0.25) is 5.95 Å². The minimum Gasteiger partial charge on any atom is -0.350 e. The molecule has 7 heteroatoms. The molecule has 0 bridgehead atoms. The Hall–Kier alpha value is -2.99. The molecule has 4 heterocycles. The van der Waals surface area contributed by atoms with Gasteiger partial charge < -0.3 is 10.3 Å². The van der Waals surface area contributed by atoms with Gasteiger partial charge in [0.25, 0.3) is 0 Å². The van der Waals surface area contributed by atoms with Crippen molar-refractivity contribution in [3.05, 3.63) is 65.8 Å². The van der Waals surface area contributed by atoms with Crippen molar-refractivity contribution in [2.45, 2.75) is 6.54 Å². The van der Waals surface area contributed by atoms with Gasteiger partial charge in [-0.2, -0.15) is 0 Å². The van der Waals surface area contributed by atoms with Crippen molar-refractivity contribution >= 4 is 28.6 Å². The van der Waals surface area contributed by atoms with Crippen molar-refractivity contribution in [1.29, 1.82) is 0 Å². The fourth-order valence-electron chi connectivity index (χ4n) is 2.48. The van der Waals surface area contributed by atoms with Gasteiger partial charge in [0.1, 0.15) is 10.8 Å². The lowest BCUT2D eigenvalue weighted by atomic mass is 10.1. The number of hydrogen-bond donors (Lipinski definition) is 2. The standard InChI is InChI=1S/C17H13ClN6/c18-15-8-14(13-10-21-16-12(13)2-1-5-20-16)23-17(24-15)22-9-11-3-6-19-7-4-11/h1-8,10H,9H2,(H,20,21)(H,22,23,24). The normalized spacial score (nSPS) is 10.9. The van der Waals surface area contributed by atoms with Crippen LogP contribution < -0.4 is 5.32 Å². The molecule has 0 amide bonds. The summed E-state index contributed by atoms with van der Waals surface area (Å²) >= 11 is 6.17. The van der Waals surface area contributed by atoms with Crippen LogP contribution in [-0.2, 0) is 6.54 Å². The Kier molecular flexibility index (Phi) is 3.80. The Morgan fingerprint density at radius 1 is 1.08 bits per heavy atom. The molecule has 0 saturated carbocycles. The van der Waals surface area contributed by atoms with Crippen LogP contribution in [0.4, 0.5) is 5.95 Å². The largest absolute Gasteiger partial charge is 0.350 e. The Morgan fingerprint density at radius 3 is 2.83 bits per heavy atom. The van der Waals surface area contributed by atoms with Crippen molar-refractivity contribution in [3.63, 3.8) is 0 Å². The van der Waals surface area contributed by atoms with Gasteiger partial charge in [-0.25, -0.2) is 15.0 Å². The van der Waals surface area contributed by atoms with E-state index in [9.17, 15) is 0 Å². The first-order valence-electron chi connectivity index (χ1n) is 7.39. The Labute approximate surface area is 143 Å². The SMILES string of the molecule is Clc1cc(-c2c[nH]c3ncccc23)nc(NCc2ccncc2)n1. The first kappa shape index (κ1) is 14.6. The van der Waals surface area contributed by atoms with Crippen molar-refractivity contribution < 1.29 is 0 Å². The molecule has 0 aliphatic carbocycles. The predicted octanol–water partition coefficient (Wildman–Crippen LogP) is 3.68. The van der Waals surface area contributed by atoms with E-state index in [0.717, 1.165) is 27.9 Å². The van der Waals surface area contributed by atoms with Gasteiger partial charge in [-0.05, 0) is 29.8 Å². The second kappa shape index (κ2) is 6.25. The van der Waals surface area contributed by atoms with E-state index in [-0.39, 0.29) is 0 Å². The fraction of sp³-hybridized carbons (Fsp3) is 0.0588. The van der Waals surface area contributed by atoms with E-state index >= 15 is 0 Å². The summed E-state index contributed by atoms with van der Waals surface area (Å²) in [6, 6.07) is 9.50. The predicted molar refractivity (Wildman–Crippen MR) is 93.7 cm³/mol. The maximum Gasteiger partial charge on any atom is 0.224 e. The average molecular weight is 337 g/mol. The molecular formula is C17H13ClN6. The maximum absolute atomic E-state index is 6.17. The topological polar surface area (TPSA) is 79.4 Å². The second-order valence-corrected chi connectivity index (χ2v) is 5.60. The van der Waals surface area contributed by atoms with Crippen molar-refractivity contribution in [3.8, 4) is 11.3 Å². The van der Waals surface area contributed by atoms with E-state index < -0.39 is 0 Å². The van der Waals surface area contributed by atoms with Gasteiger partial charge in [-0.3, -0.25) is 4.98 Å². The molecule has 0 spiro atoms. The van der Waals surface area contributed by atoms with Gasteiger partial charge >= 0.3 is 0 Å². The number of halogens is 1. The lowest BCUT2D eigenvalue weighted by Gasteiger charge is -2.07. The smallest absolute Gasteiger partial charge is 0.224 e. The van der Waals surface area contributed by atoms with E-state index in [0.29, 0.717) is 17.6 Å². The van der Waals surface area contributed by atoms with Gasteiger partial charge in [-0.15, -0.1) is 0 Å². The van der Waals surface area contributed by atoms with E-state index in [2.05, 4.69) is 30.2 Å². The molecular weight excluding hydrogens is 324 g/mol. The van der Waals surface area contributed by atoms with Gasteiger partial charge in [0, 0.05) is 48.3 Å². The third kappa shape index (κ3) is 2.91. The van der Waals surface area contributed by atoms with Crippen LogP contribution in [0.25, 0.3) is 22.3 Å². The van der Waals surface area contributed by atoms with Crippen LogP contribution in [0, 0.1) is 0 Å². The molecule has 0 fully saturated rings. The minimum atomic E-state index is 0.385. The highest BCUT2D eigenvalue weighted by Gasteiger charge is 2.11. The number of aromatic nitrogens is 5. The van der Waals surface area contributed by atoms with E-state index in [1.807, 2.05) is 30.5 Å². The number of aromatic amines is 1. The summed E-state index contributed by atoms with van der Waals surface area (Å²) in [5.41, 5.74) is 3.58. The number of nitrogens with one attached hydrogen (secondary N) is 2. The van der Waals surface area contributed by atoms with Crippen LogP contribution in [0.5, 0.6) is 0 Å². The van der Waals surface area contributed by atoms with Crippen molar-refractivity contribution in [2.24, 2.45) is 0 Å². The highest BCUT2D eigenvalue weighted by molar-refractivity contribution is 6.29. The molecule has 0 aromatic carbocycles. The van der Waals surface area contributed by atoms with Crippen molar-refractivity contribution in [1.82, 2.24) is 24.9 Å². The van der Waals surface area contributed by atoms with Gasteiger partial charge in [0.15, 0.2) is 0 Å². The summed E-state index contributed by atoms with van der Waals surface area (Å²) in [5, 5.41) is 4.57. The number of rotatable bonds is 4. The summed E-state index contributed by atoms with van der Waals surface area (Å²) < 4.78 is 0. The second-order valence-electron chi connectivity index (χ2n) is 5.21. The zero-order valence-electron chi connectivity index (χ0n) is 12.6. The molecule has 0 aliphatic rings. The molecule has 4 aromatic rings. The Morgan fingerprint density at radius 2 is 1.96 bits per heavy atom. The monoisotopic (exact) mass is 336 g/mol. The molecule has 6 nitrogen and oxygen atoms in total. The quantitative estimate of drug-likeness (QED) is 0.556. The Balaban J connectivity index is 1.66. The molecule has 118 valence electrons. The van der Waals surface area contributed by atoms with E-state index in [1.54, 1.807) is 24.7 Å². The third-order valence-electron chi connectivity index (χ3n) is 3.62. The molecule has 2 N–H and O–H groups in total. The molecule has 24 heavy (non-hydrogen) atoms. The van der Waals surface area contributed by atoms with E-state index in [4.69, 9.17) is 11.6 Å². The van der Waals surface area contributed by atoms with Crippen LogP contribution in [-0.4, -0.2) is 24.9 Å². The number of hydrogen-bond acceptors (Lipinski definition) is 5. The highest BCUT2D eigenvalue weighted by Crippen LogP contribution is 2.28. The summed E-state index contributed by atoms with van der Waals surface area (Å²) in [4.78, 5) is 20.2. The molecule has 0 aliphatic heterocycles. The fourth-order valence-corrected chi connectivity index (χ4v) is 2.67. The van der Waals surface area contributed by atoms with Crippen LogP contribution >= 0.6 is 11.6 Å². The van der Waals surface area contributed by atoms with Crippen LogP contribution in [0.15, 0.2) is 55.1 Å². The van der Waals surface area contributed by atoms with Gasteiger partial charge in [0.05, 0.1) is 5.69 Å². The number of nitrogens with zero attached hydrogens (tertiary/aromatic N) is 4. The first-order chi connectivity index (χ1) is 11.8. The molecule has 0 unspecified atom stereocenters. The number of fused-ring (bicyclic) bond motifs is 1. The number of H-pyrrole nitrogens is 1. The van der Waals surface area contributed by atoms with Gasteiger partial charge in [-0.1, -0.05) is 11.6 Å². The highest BCUT2D eigenvalue weighted by atomic mass is 35.5. The zero-order valence-corrected chi connectivity index (χ0v) is 13.3. The number of pyridine rings is 2. The molecule has 0 radical (unpaired) electrons. The average Bonchev–Trinajstić information content (AvgIpc) is 3.05. The van der Waals surface area contributed by atoms with E-state index in [1.165, 1.54) is 0 Å². The third-order valence-corrected chi connectivity index (χ3v) is 3.82. The molecule has 4 aromatic heterocycles. The lowest BCUT2D eigenvalue weighted by Crippen LogP contribution is -2.04. The summed E-state index contributed by atoms with van der Waals surface area (Å²) in [7, 11) is 0. The number of anilines is 1. The molecule has 0 atom stereocenters. The van der Waals surface area contributed by atoms with Crippen LogP contribution in [0.3, 0.4) is 0 Å². The lowest BCUT2D eigenvalue weighted by molar-refractivity contribution is 1.05. The molecule has 0 saturated heterocycles. The van der Waals surface area contributed by atoms with Crippen molar-refractivity contribution in [2.75, 3.05) is 5.32 Å². The molecule has 4 rings (SSSR count). The first-order valence-corrected chi connectivity index (χ1v) is 7.77. The van der Waals surface area contributed by atoms with Crippen LogP contribution in [0.2, 0.25) is 5.15 Å². The summed E-state index contributed by atoms with van der Waals surface area (Å²) in [6.45, 7) is 0.595. The summed E-state index contributed by atoms with van der Waals surface area (Å²) in [5.74, 6) is 0.479. The summed E-state index contributed by atoms with van der Waals surface area (Å²) in [6.07, 6.45) is 7.13. The Bertz CT molecular complexity index is 983.